The van der Waals surface area contributed by atoms with Crippen molar-refractivity contribution in [3.63, 3.8) is 0 Å². The molecule has 1 N–H and O–H groups in total. The Morgan fingerprint density at radius 1 is 1.26 bits per heavy atom. The van der Waals surface area contributed by atoms with Gasteiger partial charge in [0, 0.05) is 10.4 Å². The third-order valence-electron chi connectivity index (χ3n) is 6.30. The summed E-state index contributed by atoms with van der Waals surface area (Å²) in [7, 11) is 0. The number of ketones is 1. The second-order valence-electron chi connectivity index (χ2n) is 7.23. The van der Waals surface area contributed by atoms with Crippen LogP contribution in [-0.2, 0) is 9.59 Å². The van der Waals surface area contributed by atoms with Gasteiger partial charge >= 0.3 is 0 Å². The molecule has 0 aliphatic heterocycles. The van der Waals surface area contributed by atoms with Gasteiger partial charge in [-0.05, 0) is 36.5 Å². The number of halogens is 3. The van der Waals surface area contributed by atoms with Crippen molar-refractivity contribution in [2.45, 2.75) is 38.4 Å². The Balaban J connectivity index is 2.02. The highest BCUT2D eigenvalue weighted by Crippen LogP contribution is 2.72. The maximum absolute atomic E-state index is 13.2. The van der Waals surface area contributed by atoms with E-state index in [1.807, 2.05) is 20.8 Å². The van der Waals surface area contributed by atoms with E-state index in [1.54, 1.807) is 18.2 Å². The van der Waals surface area contributed by atoms with Gasteiger partial charge in [-0.3, -0.25) is 9.59 Å². The Kier molecular flexibility index (Phi) is 3.90. The summed E-state index contributed by atoms with van der Waals surface area (Å²) in [6.45, 7) is 5.99. The number of hydrogen-bond donors (Lipinski definition) is 1. The zero-order valence-electron chi connectivity index (χ0n) is 13.2. The molecule has 2 aliphatic rings. The number of anilines is 1. The molecule has 3 nitrogen and oxygen atoms in total. The fourth-order valence-electron chi connectivity index (χ4n) is 4.28. The van der Waals surface area contributed by atoms with Crippen molar-refractivity contribution in [2.24, 2.45) is 16.2 Å². The number of fused-ring (bicyclic) bond motifs is 2. The third-order valence-corrected chi connectivity index (χ3v) is 8.06. The van der Waals surface area contributed by atoms with Gasteiger partial charge in [0.2, 0.25) is 5.91 Å². The van der Waals surface area contributed by atoms with Crippen LogP contribution in [0.1, 0.15) is 33.6 Å². The number of carbonyl (C=O) groups is 2. The Hall–Kier alpha value is -0.580. The van der Waals surface area contributed by atoms with Gasteiger partial charge in [0.15, 0.2) is 5.78 Å². The lowest BCUT2D eigenvalue weighted by Crippen LogP contribution is -2.48. The summed E-state index contributed by atoms with van der Waals surface area (Å²) in [6.07, 6.45) is 1.39. The first-order valence-corrected chi connectivity index (χ1v) is 9.20. The third kappa shape index (κ3) is 2.01. The molecule has 0 heterocycles. The van der Waals surface area contributed by atoms with Crippen molar-refractivity contribution >= 4 is 56.5 Å². The quantitative estimate of drug-likeness (QED) is 0.679. The van der Waals surface area contributed by atoms with Crippen LogP contribution < -0.4 is 5.32 Å². The summed E-state index contributed by atoms with van der Waals surface area (Å²) in [5.41, 5.74) is -1.25. The number of Topliss-reactive ketones (excluding diaryl/α,β-unsaturated/α-hetero) is 1. The lowest BCUT2D eigenvalue weighted by atomic mass is 9.64. The highest BCUT2D eigenvalue weighted by Gasteiger charge is 2.76. The molecule has 2 aliphatic carbocycles. The molecule has 6 heteroatoms. The van der Waals surface area contributed by atoms with E-state index in [0.717, 1.165) is 6.42 Å². The Bertz CT molecular complexity index is 721. The molecule has 2 fully saturated rings. The molecule has 1 aromatic carbocycles. The van der Waals surface area contributed by atoms with Crippen LogP contribution in [-0.4, -0.2) is 16.5 Å². The van der Waals surface area contributed by atoms with Gasteiger partial charge in [-0.1, -0.05) is 59.9 Å². The number of amides is 1. The van der Waals surface area contributed by atoms with Crippen LogP contribution in [0.4, 0.5) is 5.69 Å². The van der Waals surface area contributed by atoms with E-state index < -0.39 is 21.1 Å². The zero-order chi connectivity index (χ0) is 17.2. The minimum atomic E-state index is -0.787. The van der Waals surface area contributed by atoms with Crippen LogP contribution in [0.2, 0.25) is 10.0 Å². The smallest absolute Gasteiger partial charge is 0.232 e. The van der Waals surface area contributed by atoms with Crippen molar-refractivity contribution < 1.29 is 9.59 Å². The second-order valence-corrected chi connectivity index (χ2v) is 8.99. The first-order valence-electron chi connectivity index (χ1n) is 7.53. The number of rotatable bonds is 2. The van der Waals surface area contributed by atoms with Crippen molar-refractivity contribution in [2.75, 3.05) is 5.32 Å². The molecule has 0 aromatic heterocycles. The van der Waals surface area contributed by atoms with E-state index in [4.69, 9.17) is 23.2 Å². The van der Waals surface area contributed by atoms with Crippen molar-refractivity contribution in [1.29, 1.82) is 0 Å². The van der Waals surface area contributed by atoms with E-state index >= 15 is 0 Å². The fraction of sp³-hybridized carbons (Fsp3) is 0.529. The SMILES string of the molecule is CC1(C)[C@]2(C(=O)Nc3cc(Cl)ccc3Cl)CC[C@]1(C)C(=O)[C@H]2Br. The molecule has 0 spiro atoms. The molecule has 1 aromatic rings. The highest BCUT2D eigenvalue weighted by molar-refractivity contribution is 9.10. The largest absolute Gasteiger partial charge is 0.324 e. The number of alkyl halides is 1. The van der Waals surface area contributed by atoms with Crippen LogP contribution in [0.5, 0.6) is 0 Å². The van der Waals surface area contributed by atoms with Gasteiger partial charge in [-0.25, -0.2) is 0 Å². The van der Waals surface area contributed by atoms with Crippen molar-refractivity contribution in [1.82, 2.24) is 0 Å². The molecule has 2 saturated carbocycles. The summed E-state index contributed by atoms with van der Waals surface area (Å²) in [6, 6.07) is 4.94. The summed E-state index contributed by atoms with van der Waals surface area (Å²) in [4.78, 5) is 25.4. The van der Waals surface area contributed by atoms with Crippen LogP contribution in [0.15, 0.2) is 18.2 Å². The lowest BCUT2D eigenvalue weighted by Gasteiger charge is -2.39. The van der Waals surface area contributed by atoms with Gasteiger partial charge in [-0.15, -0.1) is 0 Å². The van der Waals surface area contributed by atoms with Crippen molar-refractivity contribution in [3.05, 3.63) is 28.2 Å². The summed E-state index contributed by atoms with van der Waals surface area (Å²) in [5.74, 6) is -0.0655. The molecule has 0 unspecified atom stereocenters. The topological polar surface area (TPSA) is 46.2 Å². The average Bonchev–Trinajstić information content (AvgIpc) is 2.75. The molecular weight excluding hydrogens is 401 g/mol. The van der Waals surface area contributed by atoms with Gasteiger partial charge in [-0.2, -0.15) is 0 Å². The van der Waals surface area contributed by atoms with Crippen LogP contribution in [0, 0.1) is 16.2 Å². The first-order chi connectivity index (χ1) is 10.6. The number of benzene rings is 1. The molecule has 3 atom stereocenters. The van der Waals surface area contributed by atoms with Crippen LogP contribution in [0.3, 0.4) is 0 Å². The van der Waals surface area contributed by atoms with E-state index in [0.29, 0.717) is 22.2 Å². The minimum absolute atomic E-state index is 0.112. The number of carbonyl (C=O) groups excluding carboxylic acids is 2. The average molecular weight is 419 g/mol. The summed E-state index contributed by atoms with van der Waals surface area (Å²) < 4.78 is 0. The Labute approximate surface area is 154 Å². The monoisotopic (exact) mass is 417 g/mol. The summed E-state index contributed by atoms with van der Waals surface area (Å²) in [5, 5.41) is 3.82. The van der Waals surface area contributed by atoms with Crippen LogP contribution in [0.25, 0.3) is 0 Å². The van der Waals surface area contributed by atoms with E-state index in [-0.39, 0.29) is 11.7 Å². The molecular formula is C17H18BrCl2NO2. The second kappa shape index (κ2) is 5.21. The maximum atomic E-state index is 13.2. The minimum Gasteiger partial charge on any atom is -0.324 e. The number of nitrogens with one attached hydrogen (secondary N) is 1. The Morgan fingerprint density at radius 3 is 2.48 bits per heavy atom. The highest BCUT2D eigenvalue weighted by atomic mass is 79.9. The van der Waals surface area contributed by atoms with E-state index in [1.165, 1.54) is 0 Å². The lowest BCUT2D eigenvalue weighted by molar-refractivity contribution is -0.130. The molecule has 0 radical (unpaired) electrons. The van der Waals surface area contributed by atoms with Gasteiger partial charge in [0.05, 0.1) is 21.0 Å². The zero-order valence-corrected chi connectivity index (χ0v) is 16.3. The molecule has 2 bridgehead atoms. The first kappa shape index (κ1) is 17.2. The van der Waals surface area contributed by atoms with Gasteiger partial charge < -0.3 is 5.32 Å². The van der Waals surface area contributed by atoms with Gasteiger partial charge in [0.1, 0.15) is 0 Å². The van der Waals surface area contributed by atoms with E-state index in [9.17, 15) is 9.59 Å². The normalized spacial score (nSPS) is 34.7. The van der Waals surface area contributed by atoms with Crippen molar-refractivity contribution in [3.8, 4) is 0 Å². The van der Waals surface area contributed by atoms with Gasteiger partial charge in [0.25, 0.3) is 0 Å². The van der Waals surface area contributed by atoms with Crippen LogP contribution >= 0.6 is 39.1 Å². The maximum Gasteiger partial charge on any atom is 0.232 e. The molecule has 0 saturated heterocycles. The fourth-order valence-corrected chi connectivity index (χ4v) is 6.13. The summed E-state index contributed by atoms with van der Waals surface area (Å²) >= 11 is 15.7. The molecule has 3 rings (SSSR count). The predicted molar refractivity (Wildman–Crippen MR) is 96.4 cm³/mol. The number of hydrogen-bond acceptors (Lipinski definition) is 2. The molecule has 1 amide bonds. The molecule has 23 heavy (non-hydrogen) atoms. The predicted octanol–water partition coefficient (Wildman–Crippen LogP) is 5.09. The molecule has 124 valence electrons. The standard InChI is InChI=1S/C17H18BrCl2NO2/c1-15(2)16(3)6-7-17(15,12(18)13(16)22)14(23)21-11-8-9(19)4-5-10(11)20/h4-5,8,12H,6-7H2,1-3H3,(H,21,23)/t12-,16-,17-/m1/s1. The Morgan fingerprint density at radius 2 is 1.91 bits per heavy atom. The van der Waals surface area contributed by atoms with E-state index in [2.05, 4.69) is 21.2 Å².